The maximum absolute atomic E-state index is 12.4. The lowest BCUT2D eigenvalue weighted by Gasteiger charge is -2.30. The number of aryl methyl sites for hydroxylation is 1. The number of nitrogens with one attached hydrogen (secondary N) is 3. The van der Waals surface area contributed by atoms with Gasteiger partial charge in [-0.05, 0) is 24.6 Å². The van der Waals surface area contributed by atoms with Crippen molar-refractivity contribution in [1.82, 2.24) is 5.32 Å². The predicted octanol–water partition coefficient (Wildman–Crippen LogP) is -0.765. The van der Waals surface area contributed by atoms with Crippen LogP contribution >= 0.6 is 0 Å². The summed E-state index contributed by atoms with van der Waals surface area (Å²) in [6.07, 6.45) is -0.140. The maximum atomic E-state index is 12.4. The van der Waals surface area contributed by atoms with Crippen LogP contribution in [-0.2, 0) is 11.3 Å². The van der Waals surface area contributed by atoms with Crippen LogP contribution in [0, 0.1) is 6.92 Å². The van der Waals surface area contributed by atoms with Crippen molar-refractivity contribution >= 4 is 5.91 Å². The summed E-state index contributed by atoms with van der Waals surface area (Å²) in [6.45, 7) is 9.00. The number of piperazine rings is 1. The lowest BCUT2D eigenvalue weighted by Crippen LogP contribution is -3.28. The highest BCUT2D eigenvalue weighted by atomic mass is 16.6. The van der Waals surface area contributed by atoms with Gasteiger partial charge in [0, 0.05) is 5.56 Å². The van der Waals surface area contributed by atoms with Crippen LogP contribution in [0.15, 0.2) is 48.5 Å². The number of hydrogen-bond donors (Lipinski definition) is 3. The summed E-state index contributed by atoms with van der Waals surface area (Å²) in [6, 6.07) is 16.3. The van der Waals surface area contributed by atoms with Crippen LogP contribution in [0.25, 0.3) is 0 Å². The Hall–Kier alpha value is -2.57. The van der Waals surface area contributed by atoms with E-state index in [9.17, 15) is 4.79 Å². The number of para-hydroxylation sites is 2. The van der Waals surface area contributed by atoms with E-state index in [1.54, 1.807) is 4.90 Å². The number of amides is 1. The van der Waals surface area contributed by atoms with Crippen molar-refractivity contribution in [3.63, 3.8) is 0 Å². The van der Waals surface area contributed by atoms with E-state index in [1.807, 2.05) is 24.3 Å². The van der Waals surface area contributed by atoms with Gasteiger partial charge in [-0.25, -0.2) is 0 Å². The molecule has 1 atom stereocenters. The van der Waals surface area contributed by atoms with E-state index in [-0.39, 0.29) is 12.0 Å². The second kappa shape index (κ2) is 9.29. The molecule has 29 heavy (non-hydrogen) atoms. The van der Waals surface area contributed by atoms with E-state index < -0.39 is 0 Å². The highest BCUT2D eigenvalue weighted by Crippen LogP contribution is 2.30. The molecule has 1 amide bonds. The van der Waals surface area contributed by atoms with E-state index in [0.29, 0.717) is 19.7 Å². The van der Waals surface area contributed by atoms with Gasteiger partial charge in [0.05, 0.1) is 6.54 Å². The molecule has 2 aliphatic rings. The molecule has 6 heteroatoms. The molecule has 3 N–H and O–H groups in total. The largest absolute Gasteiger partial charge is 0.486 e. The highest BCUT2D eigenvalue weighted by Gasteiger charge is 2.26. The minimum absolute atomic E-state index is 0.0878. The van der Waals surface area contributed by atoms with Crippen molar-refractivity contribution in [2.24, 2.45) is 0 Å². The number of quaternary nitrogens is 2. The smallest absolute Gasteiger partial charge is 0.275 e. The quantitative estimate of drug-likeness (QED) is 0.600. The van der Waals surface area contributed by atoms with Crippen molar-refractivity contribution in [3.05, 3.63) is 59.7 Å². The summed E-state index contributed by atoms with van der Waals surface area (Å²) in [5, 5.41) is 3.02. The zero-order valence-electron chi connectivity index (χ0n) is 17.1. The van der Waals surface area contributed by atoms with Crippen LogP contribution in [0.1, 0.15) is 11.1 Å². The SMILES string of the molecule is Cc1ccccc1C[NH+]1CC[NH+](CC(=O)NC[C@@H]2COc3ccccc3O2)CC1. The van der Waals surface area contributed by atoms with E-state index >= 15 is 0 Å². The molecule has 0 spiro atoms. The Morgan fingerprint density at radius 3 is 2.48 bits per heavy atom. The fourth-order valence-corrected chi connectivity index (χ4v) is 4.07. The summed E-state index contributed by atoms with van der Waals surface area (Å²) in [7, 11) is 0. The second-order valence-corrected chi connectivity index (χ2v) is 8.08. The Labute approximate surface area is 172 Å². The first-order valence-corrected chi connectivity index (χ1v) is 10.5. The third-order valence-electron chi connectivity index (χ3n) is 5.87. The van der Waals surface area contributed by atoms with Gasteiger partial charge in [-0.3, -0.25) is 4.79 Å². The van der Waals surface area contributed by atoms with Gasteiger partial charge in [0.15, 0.2) is 18.0 Å². The molecule has 0 bridgehead atoms. The van der Waals surface area contributed by atoms with Crippen molar-refractivity contribution < 1.29 is 24.1 Å². The summed E-state index contributed by atoms with van der Waals surface area (Å²) in [5.41, 5.74) is 2.80. The van der Waals surface area contributed by atoms with Gasteiger partial charge >= 0.3 is 0 Å². The molecule has 2 aromatic rings. The fourth-order valence-electron chi connectivity index (χ4n) is 4.07. The van der Waals surface area contributed by atoms with Crippen LogP contribution in [0.2, 0.25) is 0 Å². The number of rotatable bonds is 6. The first-order valence-electron chi connectivity index (χ1n) is 10.5. The topological polar surface area (TPSA) is 56.4 Å². The van der Waals surface area contributed by atoms with Gasteiger partial charge in [0.1, 0.15) is 45.4 Å². The zero-order valence-corrected chi connectivity index (χ0v) is 17.1. The normalized spacial score (nSPS) is 23.4. The molecule has 2 aliphatic heterocycles. The Bertz CT molecular complexity index is 834. The number of carbonyl (C=O) groups is 1. The molecular weight excluding hydrogens is 366 g/mol. The van der Waals surface area contributed by atoms with Gasteiger partial charge in [0.2, 0.25) is 0 Å². The minimum atomic E-state index is -0.140. The lowest BCUT2D eigenvalue weighted by molar-refractivity contribution is -1.02. The summed E-state index contributed by atoms with van der Waals surface area (Å²) in [5.74, 6) is 1.60. The molecule has 6 nitrogen and oxygen atoms in total. The Balaban J connectivity index is 1.16. The average molecular weight is 398 g/mol. The fraction of sp³-hybridized carbons (Fsp3) is 0.435. The molecule has 1 fully saturated rings. The number of hydrogen-bond acceptors (Lipinski definition) is 3. The second-order valence-electron chi connectivity index (χ2n) is 8.08. The molecule has 2 aromatic carbocycles. The highest BCUT2D eigenvalue weighted by molar-refractivity contribution is 5.76. The van der Waals surface area contributed by atoms with Gasteiger partial charge in [0.25, 0.3) is 5.91 Å². The zero-order chi connectivity index (χ0) is 20.1. The van der Waals surface area contributed by atoms with Gasteiger partial charge in [-0.15, -0.1) is 0 Å². The Morgan fingerprint density at radius 2 is 1.69 bits per heavy atom. The van der Waals surface area contributed by atoms with Crippen molar-refractivity contribution in [2.45, 2.75) is 19.6 Å². The molecule has 0 unspecified atom stereocenters. The Morgan fingerprint density at radius 1 is 1.00 bits per heavy atom. The molecule has 154 valence electrons. The monoisotopic (exact) mass is 397 g/mol. The van der Waals surface area contributed by atoms with E-state index in [0.717, 1.165) is 44.2 Å². The van der Waals surface area contributed by atoms with Gasteiger partial charge in [-0.1, -0.05) is 36.4 Å². The third kappa shape index (κ3) is 5.28. The van der Waals surface area contributed by atoms with E-state index in [1.165, 1.54) is 16.0 Å². The maximum Gasteiger partial charge on any atom is 0.275 e. The molecule has 0 saturated carbocycles. The van der Waals surface area contributed by atoms with Gasteiger partial charge < -0.3 is 24.6 Å². The Kier molecular flexibility index (Phi) is 6.32. The van der Waals surface area contributed by atoms with Gasteiger partial charge in [-0.2, -0.15) is 0 Å². The summed E-state index contributed by atoms with van der Waals surface area (Å²) in [4.78, 5) is 15.4. The number of carbonyl (C=O) groups excluding carboxylic acids is 1. The molecule has 1 saturated heterocycles. The molecular formula is C23H31N3O3+2. The lowest BCUT2D eigenvalue weighted by atomic mass is 10.1. The standard InChI is InChI=1S/C23H29N3O3/c1-18-6-2-3-7-19(18)15-25-10-12-26(13-11-25)16-23(27)24-14-20-17-28-21-8-4-5-9-22(21)29-20/h2-9,20H,10-17H2,1H3,(H,24,27)/p+2/t20-/m1/s1. The first kappa shape index (κ1) is 19.7. The van der Waals surface area contributed by atoms with Crippen molar-refractivity contribution in [1.29, 1.82) is 0 Å². The van der Waals surface area contributed by atoms with E-state index in [4.69, 9.17) is 9.47 Å². The predicted molar refractivity (Wildman–Crippen MR) is 111 cm³/mol. The van der Waals surface area contributed by atoms with Crippen molar-refractivity contribution in [3.8, 4) is 11.5 Å². The number of fused-ring (bicyclic) bond motifs is 1. The molecule has 0 radical (unpaired) electrons. The van der Waals surface area contributed by atoms with Crippen LogP contribution in [0.5, 0.6) is 11.5 Å². The molecule has 0 aromatic heterocycles. The minimum Gasteiger partial charge on any atom is -0.486 e. The summed E-state index contributed by atoms with van der Waals surface area (Å²) >= 11 is 0. The summed E-state index contributed by atoms with van der Waals surface area (Å²) < 4.78 is 11.6. The van der Waals surface area contributed by atoms with Crippen molar-refractivity contribution in [2.75, 3.05) is 45.9 Å². The molecule has 4 rings (SSSR count). The van der Waals surface area contributed by atoms with Crippen LogP contribution in [0.4, 0.5) is 0 Å². The van der Waals surface area contributed by atoms with Crippen LogP contribution in [0.3, 0.4) is 0 Å². The third-order valence-corrected chi connectivity index (χ3v) is 5.87. The number of ether oxygens (including phenoxy) is 2. The van der Waals surface area contributed by atoms with Crippen LogP contribution < -0.4 is 24.6 Å². The average Bonchev–Trinajstić information content (AvgIpc) is 2.75. The van der Waals surface area contributed by atoms with Crippen LogP contribution in [-0.4, -0.2) is 57.9 Å². The molecule has 0 aliphatic carbocycles. The first-order chi connectivity index (χ1) is 14.2. The number of benzene rings is 2. The molecule has 2 heterocycles. The van der Waals surface area contributed by atoms with E-state index in [2.05, 4.69) is 36.5 Å².